The number of sulfone groups is 1. The molecule has 0 unspecified atom stereocenters. The highest BCUT2D eigenvalue weighted by molar-refractivity contribution is 7.92. The van der Waals surface area contributed by atoms with Crippen molar-refractivity contribution in [1.29, 1.82) is 0 Å². The zero-order valence-corrected chi connectivity index (χ0v) is 12.5. The molecule has 0 aromatic heterocycles. The van der Waals surface area contributed by atoms with Crippen LogP contribution >= 0.6 is 0 Å². The summed E-state index contributed by atoms with van der Waals surface area (Å²) in [5.41, 5.74) is -1.73. The van der Waals surface area contributed by atoms with Gasteiger partial charge in [0.2, 0.25) is 0 Å². The van der Waals surface area contributed by atoms with Crippen LogP contribution in [0.3, 0.4) is 0 Å². The van der Waals surface area contributed by atoms with E-state index in [2.05, 4.69) is 11.5 Å². The number of benzene rings is 1. The van der Waals surface area contributed by atoms with Crippen molar-refractivity contribution in [3.63, 3.8) is 0 Å². The normalized spacial score (nSPS) is 12.7. The van der Waals surface area contributed by atoms with Crippen LogP contribution in [0, 0.1) is 11.5 Å². The average molecular weight is 306 g/mol. The SMILES string of the molecule is C[Si](C)(C)C#Cc1ccc(S(=O)(=O)C(F)(F)F)cc1. The summed E-state index contributed by atoms with van der Waals surface area (Å²) in [5.74, 6) is 2.84. The van der Waals surface area contributed by atoms with E-state index in [4.69, 9.17) is 0 Å². The molecule has 0 heterocycles. The third-order valence-electron chi connectivity index (χ3n) is 2.05. The quantitative estimate of drug-likeness (QED) is 0.590. The van der Waals surface area contributed by atoms with Gasteiger partial charge in [0.25, 0.3) is 9.84 Å². The lowest BCUT2D eigenvalue weighted by molar-refractivity contribution is -0.0436. The van der Waals surface area contributed by atoms with E-state index in [9.17, 15) is 21.6 Å². The molecule has 0 saturated heterocycles. The summed E-state index contributed by atoms with van der Waals surface area (Å²) in [7, 11) is -6.86. The molecule has 0 atom stereocenters. The summed E-state index contributed by atoms with van der Waals surface area (Å²) in [6.45, 7) is 6.09. The summed E-state index contributed by atoms with van der Waals surface area (Å²) < 4.78 is 59.2. The van der Waals surface area contributed by atoms with Crippen LogP contribution in [-0.4, -0.2) is 22.0 Å². The number of alkyl halides is 3. The van der Waals surface area contributed by atoms with Gasteiger partial charge in [-0.2, -0.15) is 13.2 Å². The minimum atomic E-state index is -5.28. The molecule has 0 N–H and O–H groups in total. The van der Waals surface area contributed by atoms with Crippen molar-refractivity contribution < 1.29 is 21.6 Å². The summed E-state index contributed by atoms with van der Waals surface area (Å²) in [6.07, 6.45) is 0. The molecule has 0 aliphatic heterocycles. The first-order valence-electron chi connectivity index (χ1n) is 5.38. The van der Waals surface area contributed by atoms with E-state index in [1.165, 1.54) is 12.1 Å². The van der Waals surface area contributed by atoms with Crippen LogP contribution in [0.15, 0.2) is 29.2 Å². The van der Waals surface area contributed by atoms with Gasteiger partial charge in [0, 0.05) is 5.56 Å². The monoisotopic (exact) mass is 306 g/mol. The third-order valence-corrected chi connectivity index (χ3v) is 4.43. The smallest absolute Gasteiger partial charge is 0.214 e. The van der Waals surface area contributed by atoms with Crippen molar-refractivity contribution >= 4 is 17.9 Å². The van der Waals surface area contributed by atoms with Crippen molar-refractivity contribution in [3.05, 3.63) is 29.8 Å². The maximum Gasteiger partial charge on any atom is 0.501 e. The summed E-state index contributed by atoms with van der Waals surface area (Å²) >= 11 is 0. The molecule has 0 spiro atoms. The Morgan fingerprint density at radius 3 is 1.89 bits per heavy atom. The molecule has 0 radical (unpaired) electrons. The average Bonchev–Trinajstić information content (AvgIpc) is 2.24. The zero-order valence-electron chi connectivity index (χ0n) is 10.7. The van der Waals surface area contributed by atoms with Gasteiger partial charge >= 0.3 is 5.51 Å². The van der Waals surface area contributed by atoms with E-state index in [1.54, 1.807) is 0 Å². The second-order valence-corrected chi connectivity index (χ2v) is 11.7. The van der Waals surface area contributed by atoms with Gasteiger partial charge in [0.05, 0.1) is 4.90 Å². The molecular weight excluding hydrogens is 293 g/mol. The highest BCUT2D eigenvalue weighted by atomic mass is 32.2. The van der Waals surface area contributed by atoms with Gasteiger partial charge in [-0.1, -0.05) is 25.6 Å². The van der Waals surface area contributed by atoms with Crippen LogP contribution in [0.5, 0.6) is 0 Å². The van der Waals surface area contributed by atoms with Crippen LogP contribution in [0.2, 0.25) is 19.6 Å². The Morgan fingerprint density at radius 1 is 1.05 bits per heavy atom. The van der Waals surface area contributed by atoms with Gasteiger partial charge in [0.15, 0.2) is 0 Å². The van der Waals surface area contributed by atoms with Gasteiger partial charge in [-0.15, -0.1) is 5.54 Å². The summed E-state index contributed by atoms with van der Waals surface area (Å²) in [4.78, 5) is -0.765. The van der Waals surface area contributed by atoms with Gasteiger partial charge in [0.1, 0.15) is 8.07 Å². The Balaban J connectivity index is 3.11. The molecule has 0 amide bonds. The molecule has 104 valence electrons. The fourth-order valence-electron chi connectivity index (χ4n) is 1.11. The van der Waals surface area contributed by atoms with Crippen LogP contribution in [0.25, 0.3) is 0 Å². The number of hydrogen-bond donors (Lipinski definition) is 0. The molecule has 0 saturated carbocycles. The van der Waals surface area contributed by atoms with E-state index in [0.717, 1.165) is 12.1 Å². The Hall–Kier alpha value is -1.26. The van der Waals surface area contributed by atoms with Gasteiger partial charge < -0.3 is 0 Å². The Bertz CT molecular complexity index is 614. The summed E-state index contributed by atoms with van der Waals surface area (Å²) in [5, 5.41) is 0. The molecule has 1 aromatic rings. The highest BCUT2D eigenvalue weighted by Crippen LogP contribution is 2.30. The number of hydrogen-bond acceptors (Lipinski definition) is 2. The lowest BCUT2D eigenvalue weighted by Crippen LogP contribution is -2.23. The maximum absolute atomic E-state index is 12.3. The van der Waals surface area contributed by atoms with Crippen LogP contribution in [0.4, 0.5) is 13.2 Å². The third kappa shape index (κ3) is 4.11. The molecule has 2 nitrogen and oxygen atoms in total. The van der Waals surface area contributed by atoms with Crippen molar-refractivity contribution in [2.75, 3.05) is 0 Å². The fourth-order valence-corrected chi connectivity index (χ4v) is 2.39. The lowest BCUT2D eigenvalue weighted by Gasteiger charge is -2.07. The van der Waals surface area contributed by atoms with E-state index in [1.807, 2.05) is 19.6 Å². The van der Waals surface area contributed by atoms with Gasteiger partial charge in [-0.3, -0.25) is 0 Å². The first-order valence-corrected chi connectivity index (χ1v) is 10.4. The van der Waals surface area contributed by atoms with E-state index in [0.29, 0.717) is 5.56 Å². The first-order chi connectivity index (χ1) is 8.43. The predicted octanol–water partition coefficient (Wildman–Crippen LogP) is 3.21. The van der Waals surface area contributed by atoms with Gasteiger partial charge in [-0.05, 0) is 24.3 Å². The van der Waals surface area contributed by atoms with E-state index >= 15 is 0 Å². The predicted molar refractivity (Wildman–Crippen MR) is 69.9 cm³/mol. The Kier molecular flexibility index (Phi) is 4.17. The second kappa shape index (κ2) is 5.02. The molecule has 7 heteroatoms. The molecular formula is C12H13F3O2SSi. The van der Waals surface area contributed by atoms with Crippen LogP contribution < -0.4 is 0 Å². The summed E-state index contributed by atoms with van der Waals surface area (Å²) in [6, 6.07) is 4.42. The largest absolute Gasteiger partial charge is 0.501 e. The molecule has 1 rings (SSSR count). The standard InChI is InChI=1S/C12H13F3O2SSi/c1-19(2,3)9-8-10-4-6-11(7-5-10)18(16,17)12(13,14)15/h4-7H,1-3H3. The topological polar surface area (TPSA) is 34.1 Å². The second-order valence-electron chi connectivity index (χ2n) is 4.97. The first kappa shape index (κ1) is 15.8. The van der Waals surface area contributed by atoms with Crippen molar-refractivity contribution in [3.8, 4) is 11.5 Å². The minimum Gasteiger partial charge on any atom is -0.214 e. The number of halogens is 3. The Labute approximate surface area is 111 Å². The van der Waals surface area contributed by atoms with Crippen molar-refractivity contribution in [2.24, 2.45) is 0 Å². The van der Waals surface area contributed by atoms with Crippen molar-refractivity contribution in [2.45, 2.75) is 30.0 Å². The molecule has 1 aromatic carbocycles. The minimum absolute atomic E-state index is 0.503. The highest BCUT2D eigenvalue weighted by Gasteiger charge is 2.46. The number of rotatable bonds is 1. The lowest BCUT2D eigenvalue weighted by atomic mass is 10.2. The maximum atomic E-state index is 12.3. The van der Waals surface area contributed by atoms with E-state index in [-0.39, 0.29) is 0 Å². The van der Waals surface area contributed by atoms with Crippen molar-refractivity contribution in [1.82, 2.24) is 0 Å². The molecule has 19 heavy (non-hydrogen) atoms. The molecule has 0 bridgehead atoms. The molecule has 0 aliphatic carbocycles. The van der Waals surface area contributed by atoms with Crippen LogP contribution in [0.1, 0.15) is 5.56 Å². The van der Waals surface area contributed by atoms with E-state index < -0.39 is 28.3 Å². The van der Waals surface area contributed by atoms with Gasteiger partial charge in [-0.25, -0.2) is 8.42 Å². The molecule has 0 aliphatic rings. The fraction of sp³-hybridized carbons (Fsp3) is 0.333. The Morgan fingerprint density at radius 2 is 1.53 bits per heavy atom. The zero-order chi connectivity index (χ0) is 14.9. The van der Waals surface area contributed by atoms with Crippen LogP contribution in [-0.2, 0) is 9.84 Å². The molecule has 0 fully saturated rings.